The van der Waals surface area contributed by atoms with Crippen molar-refractivity contribution in [1.82, 2.24) is 14.1 Å². The average Bonchev–Trinajstić information content (AvgIpc) is 3.13. The second-order valence-electron chi connectivity index (χ2n) is 8.80. The van der Waals surface area contributed by atoms with E-state index in [4.69, 9.17) is 0 Å². The molecule has 1 unspecified atom stereocenters. The highest BCUT2D eigenvalue weighted by Crippen LogP contribution is 2.45. The predicted molar refractivity (Wildman–Crippen MR) is 126 cm³/mol. The summed E-state index contributed by atoms with van der Waals surface area (Å²) in [6, 6.07) is 14.4. The summed E-state index contributed by atoms with van der Waals surface area (Å²) < 4.78 is 24.8. The number of rotatable bonds is 5. The number of sulfonamides is 1. The molecule has 2 aromatic rings. The molecule has 3 amide bonds. The highest BCUT2D eigenvalue weighted by atomic mass is 32.2. The number of para-hydroxylation sites is 1. The first kappa shape index (κ1) is 22.5. The summed E-state index contributed by atoms with van der Waals surface area (Å²) in [5.74, 6) is -0.348. The van der Waals surface area contributed by atoms with Crippen molar-refractivity contribution in [2.75, 3.05) is 43.9 Å². The van der Waals surface area contributed by atoms with Crippen LogP contribution in [-0.4, -0.2) is 79.2 Å². The molecule has 3 aliphatic heterocycles. The minimum absolute atomic E-state index is 0.0576. The van der Waals surface area contributed by atoms with E-state index in [0.717, 1.165) is 5.56 Å². The first-order valence-electron chi connectivity index (χ1n) is 11.3. The summed E-state index contributed by atoms with van der Waals surface area (Å²) in [6.45, 7) is 1.63. The number of anilines is 1. The molecule has 0 aromatic heterocycles. The van der Waals surface area contributed by atoms with Crippen molar-refractivity contribution >= 4 is 33.4 Å². The van der Waals surface area contributed by atoms with Gasteiger partial charge in [0.25, 0.3) is 11.8 Å². The van der Waals surface area contributed by atoms with Crippen LogP contribution >= 0.6 is 0 Å². The zero-order valence-corrected chi connectivity index (χ0v) is 19.7. The van der Waals surface area contributed by atoms with Crippen LogP contribution in [-0.2, 0) is 14.8 Å². The van der Waals surface area contributed by atoms with Gasteiger partial charge in [-0.3, -0.25) is 19.3 Å². The predicted octanol–water partition coefficient (Wildman–Crippen LogP) is 1.69. The summed E-state index contributed by atoms with van der Waals surface area (Å²) in [6.07, 6.45) is 1.33. The van der Waals surface area contributed by atoms with Crippen molar-refractivity contribution in [3.05, 3.63) is 65.2 Å². The highest BCUT2D eigenvalue weighted by Gasteiger charge is 2.47. The Morgan fingerprint density at radius 1 is 0.912 bits per heavy atom. The Bertz CT molecular complexity index is 1270. The third-order valence-corrected chi connectivity index (χ3v) is 8.04. The molecule has 0 aliphatic carbocycles. The number of nitrogens with zero attached hydrogens (tertiary/aromatic N) is 4. The molecule has 3 heterocycles. The SMILES string of the molecule is CS(=O)(=O)N1CCN(C(=O)CCCN2C(=O)c3ccccc3N3C(=O)c4ccccc4C23)CC1. The summed E-state index contributed by atoms with van der Waals surface area (Å²) in [5, 5.41) is 0. The second kappa shape index (κ2) is 8.52. The van der Waals surface area contributed by atoms with E-state index in [1.54, 1.807) is 39.0 Å². The Labute approximate surface area is 198 Å². The third kappa shape index (κ3) is 3.76. The van der Waals surface area contributed by atoms with Crippen LogP contribution in [0.3, 0.4) is 0 Å². The van der Waals surface area contributed by atoms with E-state index in [1.165, 1.54) is 10.6 Å². The number of carbonyl (C=O) groups is 3. The summed E-state index contributed by atoms with van der Waals surface area (Å²) in [7, 11) is -3.26. The van der Waals surface area contributed by atoms with Gasteiger partial charge in [0, 0.05) is 50.3 Å². The van der Waals surface area contributed by atoms with Crippen molar-refractivity contribution in [1.29, 1.82) is 0 Å². The number of benzene rings is 2. The van der Waals surface area contributed by atoms with Gasteiger partial charge < -0.3 is 9.80 Å². The molecule has 1 saturated heterocycles. The lowest BCUT2D eigenvalue weighted by molar-refractivity contribution is -0.132. The molecule has 0 bridgehead atoms. The Balaban J connectivity index is 1.31. The number of fused-ring (bicyclic) bond motifs is 5. The van der Waals surface area contributed by atoms with Gasteiger partial charge in [-0.2, -0.15) is 4.31 Å². The number of hydrogen-bond acceptors (Lipinski definition) is 5. The fourth-order valence-electron chi connectivity index (χ4n) is 5.03. The van der Waals surface area contributed by atoms with E-state index in [-0.39, 0.29) is 24.1 Å². The van der Waals surface area contributed by atoms with Crippen molar-refractivity contribution in [3.63, 3.8) is 0 Å². The molecule has 1 fully saturated rings. The highest BCUT2D eigenvalue weighted by molar-refractivity contribution is 7.88. The number of piperazine rings is 1. The second-order valence-corrected chi connectivity index (χ2v) is 10.8. The van der Waals surface area contributed by atoms with Crippen LogP contribution in [0.5, 0.6) is 0 Å². The summed E-state index contributed by atoms with van der Waals surface area (Å²) in [4.78, 5) is 44.4. The first-order chi connectivity index (χ1) is 16.3. The molecule has 10 heteroatoms. The number of amides is 3. The van der Waals surface area contributed by atoms with Gasteiger partial charge in [-0.05, 0) is 24.6 Å². The Kier molecular flexibility index (Phi) is 5.65. The Hall–Kier alpha value is -3.24. The minimum atomic E-state index is -3.26. The van der Waals surface area contributed by atoms with Gasteiger partial charge in [-0.15, -0.1) is 0 Å². The first-order valence-corrected chi connectivity index (χ1v) is 13.2. The van der Waals surface area contributed by atoms with Crippen LogP contribution in [0.2, 0.25) is 0 Å². The quantitative estimate of drug-likeness (QED) is 0.646. The monoisotopic (exact) mass is 482 g/mol. The van der Waals surface area contributed by atoms with E-state index in [0.29, 0.717) is 56.0 Å². The van der Waals surface area contributed by atoms with Crippen LogP contribution in [0.4, 0.5) is 5.69 Å². The lowest BCUT2D eigenvalue weighted by Gasteiger charge is -2.41. The van der Waals surface area contributed by atoms with Crippen molar-refractivity contribution in [2.45, 2.75) is 19.0 Å². The zero-order chi connectivity index (χ0) is 24.0. The molecule has 0 saturated carbocycles. The van der Waals surface area contributed by atoms with Crippen LogP contribution in [0.25, 0.3) is 0 Å². The lowest BCUT2D eigenvalue weighted by atomic mass is 10.0. The molecule has 9 nitrogen and oxygen atoms in total. The standard InChI is InChI=1S/C24H26N4O5S/c1-34(32,33)26-15-13-25(14-16-26)21(29)11-6-12-27-22-17-7-2-3-8-18(17)24(31)28(22)20-10-5-4-9-19(20)23(27)30/h2-5,7-10,22H,6,11-16H2,1H3. The largest absolute Gasteiger partial charge is 0.340 e. The molecule has 2 aromatic carbocycles. The van der Waals surface area contributed by atoms with Crippen molar-refractivity contribution < 1.29 is 22.8 Å². The average molecular weight is 483 g/mol. The van der Waals surface area contributed by atoms with Gasteiger partial charge >= 0.3 is 0 Å². The van der Waals surface area contributed by atoms with E-state index in [2.05, 4.69) is 0 Å². The fourth-order valence-corrected chi connectivity index (χ4v) is 5.85. The fraction of sp³-hybridized carbons (Fsp3) is 0.375. The normalized spacial score (nSPS) is 20.3. The minimum Gasteiger partial charge on any atom is -0.340 e. The van der Waals surface area contributed by atoms with Crippen LogP contribution in [0.1, 0.15) is 45.3 Å². The molecular weight excluding hydrogens is 456 g/mol. The van der Waals surface area contributed by atoms with Gasteiger partial charge in [-0.1, -0.05) is 30.3 Å². The Morgan fingerprint density at radius 3 is 2.26 bits per heavy atom. The molecule has 178 valence electrons. The van der Waals surface area contributed by atoms with Crippen LogP contribution < -0.4 is 4.90 Å². The van der Waals surface area contributed by atoms with E-state index in [9.17, 15) is 22.8 Å². The molecule has 0 N–H and O–H groups in total. The molecule has 3 aliphatic rings. The van der Waals surface area contributed by atoms with Gasteiger partial charge in [0.1, 0.15) is 6.17 Å². The van der Waals surface area contributed by atoms with Gasteiger partial charge in [0.2, 0.25) is 15.9 Å². The van der Waals surface area contributed by atoms with Crippen LogP contribution in [0.15, 0.2) is 48.5 Å². The van der Waals surface area contributed by atoms with Crippen molar-refractivity contribution in [2.24, 2.45) is 0 Å². The van der Waals surface area contributed by atoms with Crippen LogP contribution in [0, 0.1) is 0 Å². The third-order valence-electron chi connectivity index (χ3n) is 6.73. The lowest BCUT2D eigenvalue weighted by Crippen LogP contribution is -2.50. The van der Waals surface area contributed by atoms with E-state index >= 15 is 0 Å². The van der Waals surface area contributed by atoms with Crippen molar-refractivity contribution in [3.8, 4) is 0 Å². The molecule has 0 radical (unpaired) electrons. The van der Waals surface area contributed by atoms with E-state index < -0.39 is 16.2 Å². The summed E-state index contributed by atoms with van der Waals surface area (Å²) >= 11 is 0. The Morgan fingerprint density at radius 2 is 1.56 bits per heavy atom. The van der Waals surface area contributed by atoms with Gasteiger partial charge in [-0.25, -0.2) is 8.42 Å². The number of carbonyl (C=O) groups excluding carboxylic acids is 3. The maximum Gasteiger partial charge on any atom is 0.260 e. The maximum absolute atomic E-state index is 13.4. The molecular formula is C24H26N4O5S. The molecule has 1 atom stereocenters. The summed E-state index contributed by atoms with van der Waals surface area (Å²) in [5.41, 5.74) is 2.46. The zero-order valence-electron chi connectivity index (χ0n) is 18.9. The van der Waals surface area contributed by atoms with Gasteiger partial charge in [0.15, 0.2) is 0 Å². The molecule has 0 spiro atoms. The number of hydrogen-bond donors (Lipinski definition) is 0. The molecule has 34 heavy (non-hydrogen) atoms. The van der Waals surface area contributed by atoms with E-state index in [1.807, 2.05) is 24.3 Å². The molecule has 5 rings (SSSR count). The van der Waals surface area contributed by atoms with Gasteiger partial charge in [0.05, 0.1) is 17.5 Å². The smallest absolute Gasteiger partial charge is 0.260 e. The topological polar surface area (TPSA) is 98.3 Å². The maximum atomic E-state index is 13.4.